The maximum absolute atomic E-state index is 13.2. The van der Waals surface area contributed by atoms with Gasteiger partial charge in [0.2, 0.25) is 18.6 Å². The van der Waals surface area contributed by atoms with Crippen LogP contribution in [-0.4, -0.2) is 55.1 Å². The molecule has 2 N–H and O–H groups in total. The van der Waals surface area contributed by atoms with Gasteiger partial charge in [0, 0.05) is 24.9 Å². The lowest BCUT2D eigenvalue weighted by molar-refractivity contribution is -0.131. The second kappa shape index (κ2) is 5.97. The van der Waals surface area contributed by atoms with Crippen LogP contribution in [0.5, 0.6) is 11.5 Å². The molecule has 2 fully saturated rings. The average Bonchev–Trinajstić information content (AvgIpc) is 3.41. The zero-order valence-corrected chi connectivity index (χ0v) is 14.6. The number of anilines is 1. The molecule has 2 amide bonds. The number of carbonyl (C=O) groups is 2. The molecule has 1 aromatic rings. The van der Waals surface area contributed by atoms with Crippen LogP contribution in [0.4, 0.5) is 5.69 Å². The monoisotopic (exact) mass is 372 g/mol. The van der Waals surface area contributed by atoms with Crippen LogP contribution < -0.4 is 19.7 Å². The van der Waals surface area contributed by atoms with Gasteiger partial charge >= 0.3 is 0 Å². The van der Waals surface area contributed by atoms with E-state index in [9.17, 15) is 9.59 Å². The van der Waals surface area contributed by atoms with Gasteiger partial charge in [-0.05, 0) is 18.6 Å². The van der Waals surface area contributed by atoms with E-state index in [0.29, 0.717) is 36.7 Å². The van der Waals surface area contributed by atoms with Crippen LogP contribution in [0.1, 0.15) is 6.42 Å². The largest absolute Gasteiger partial charge is 0.454 e. The highest BCUT2D eigenvalue weighted by Crippen LogP contribution is 2.53. The van der Waals surface area contributed by atoms with Crippen molar-refractivity contribution in [3.05, 3.63) is 30.4 Å². The predicted octanol–water partition coefficient (Wildman–Crippen LogP) is 0.200. The summed E-state index contributed by atoms with van der Waals surface area (Å²) in [5, 5.41) is 11.7. The number of ether oxygens (including phenoxy) is 3. The number of carbonyl (C=O) groups excluding carboxylic acids is 2. The first-order valence-electron chi connectivity index (χ1n) is 9.10. The van der Waals surface area contributed by atoms with Crippen molar-refractivity contribution in [1.29, 1.82) is 0 Å². The third-order valence-electron chi connectivity index (χ3n) is 5.71. The number of hydrogen-bond acceptors (Lipinski definition) is 6. The van der Waals surface area contributed by atoms with Crippen LogP contribution in [0.25, 0.3) is 0 Å². The van der Waals surface area contributed by atoms with E-state index in [0.717, 1.165) is 0 Å². The first-order valence-corrected chi connectivity index (χ1v) is 9.10. The van der Waals surface area contributed by atoms with Crippen LogP contribution in [0.3, 0.4) is 0 Å². The summed E-state index contributed by atoms with van der Waals surface area (Å²) in [5.41, 5.74) is -0.0650. The topological polar surface area (TPSA) is 97.3 Å². The lowest BCUT2D eigenvalue weighted by Crippen LogP contribution is -2.44. The van der Waals surface area contributed by atoms with E-state index >= 15 is 0 Å². The molecular weight excluding hydrogens is 352 g/mol. The number of rotatable bonds is 5. The van der Waals surface area contributed by atoms with Gasteiger partial charge in [-0.3, -0.25) is 9.59 Å². The molecular formula is C19H20N2O6. The third kappa shape index (κ3) is 2.36. The van der Waals surface area contributed by atoms with Crippen molar-refractivity contribution < 1.29 is 28.9 Å². The van der Waals surface area contributed by atoms with Crippen molar-refractivity contribution in [1.82, 2.24) is 5.32 Å². The Bertz CT molecular complexity index is 839. The van der Waals surface area contributed by atoms with E-state index in [2.05, 4.69) is 5.32 Å². The fraction of sp³-hybridized carbons (Fsp3) is 0.474. The smallest absolute Gasteiger partial charge is 0.234 e. The maximum atomic E-state index is 13.2. The molecule has 142 valence electrons. The summed E-state index contributed by atoms with van der Waals surface area (Å²) in [5.74, 6) is -0.170. The lowest BCUT2D eigenvalue weighted by atomic mass is 9.77. The van der Waals surface area contributed by atoms with Crippen molar-refractivity contribution in [2.24, 2.45) is 11.8 Å². The summed E-state index contributed by atoms with van der Waals surface area (Å²) in [6.45, 7) is 0.920. The molecule has 8 nitrogen and oxygen atoms in total. The van der Waals surface area contributed by atoms with E-state index < -0.39 is 17.4 Å². The number of nitrogens with one attached hydrogen (secondary N) is 1. The number of benzene rings is 1. The van der Waals surface area contributed by atoms with Crippen LogP contribution in [0, 0.1) is 11.8 Å². The summed E-state index contributed by atoms with van der Waals surface area (Å²) < 4.78 is 16.8. The first kappa shape index (κ1) is 16.6. The number of aliphatic hydroxyl groups excluding tert-OH is 1. The molecule has 0 aliphatic carbocycles. The molecule has 5 rings (SSSR count). The van der Waals surface area contributed by atoms with Crippen LogP contribution in [0.15, 0.2) is 30.4 Å². The lowest BCUT2D eigenvalue weighted by Gasteiger charge is -2.23. The SMILES string of the molecule is O=C(NCCCO)[C@@H]1[C@H]2C(=O)N(c3ccc4c(c3)OCO4)C[C@]23C=C[C@H]1O3. The van der Waals surface area contributed by atoms with Crippen LogP contribution in [-0.2, 0) is 14.3 Å². The Morgan fingerprint density at radius 1 is 1.33 bits per heavy atom. The summed E-state index contributed by atoms with van der Waals surface area (Å²) in [4.78, 5) is 27.6. The van der Waals surface area contributed by atoms with Gasteiger partial charge in [0.15, 0.2) is 11.5 Å². The molecule has 0 unspecified atom stereocenters. The standard InChI is InChI=1S/C19H20N2O6/c22-7-1-6-20-17(23)15-13-4-5-19(27-13)9-21(18(24)16(15)19)11-2-3-12-14(8-11)26-10-25-12/h2-5,8,13,15-16,22H,1,6-7,9-10H2,(H,20,23)/t13-,15+,16+,19-/m1/s1. The zero-order chi connectivity index (χ0) is 18.6. The van der Waals surface area contributed by atoms with Crippen LogP contribution in [0.2, 0.25) is 0 Å². The molecule has 1 aromatic carbocycles. The van der Waals surface area contributed by atoms with E-state index in [1.807, 2.05) is 18.2 Å². The molecule has 4 aliphatic rings. The normalized spacial score (nSPS) is 32.3. The van der Waals surface area contributed by atoms with E-state index in [-0.39, 0.29) is 31.3 Å². The Labute approximate surface area is 155 Å². The van der Waals surface area contributed by atoms with Gasteiger partial charge in [0.1, 0.15) is 5.60 Å². The highest BCUT2D eigenvalue weighted by molar-refractivity contribution is 6.03. The minimum Gasteiger partial charge on any atom is -0.454 e. The molecule has 4 aliphatic heterocycles. The molecule has 2 bridgehead atoms. The predicted molar refractivity (Wildman–Crippen MR) is 93.4 cm³/mol. The summed E-state index contributed by atoms with van der Waals surface area (Å²) in [7, 11) is 0. The number of nitrogens with zero attached hydrogens (tertiary/aromatic N) is 1. The zero-order valence-electron chi connectivity index (χ0n) is 14.6. The Hall–Kier alpha value is -2.58. The molecule has 1 spiro atoms. The maximum Gasteiger partial charge on any atom is 0.234 e. The van der Waals surface area contributed by atoms with E-state index in [4.69, 9.17) is 19.3 Å². The highest BCUT2D eigenvalue weighted by Gasteiger charge is 2.67. The fourth-order valence-electron chi connectivity index (χ4n) is 4.48. The van der Waals surface area contributed by atoms with E-state index in [1.165, 1.54) is 0 Å². The Balaban J connectivity index is 1.42. The van der Waals surface area contributed by atoms with Crippen LogP contribution >= 0.6 is 0 Å². The number of amides is 2. The summed E-state index contributed by atoms with van der Waals surface area (Å²) >= 11 is 0. The van der Waals surface area contributed by atoms with Gasteiger partial charge in [-0.25, -0.2) is 0 Å². The quantitative estimate of drug-likeness (QED) is 0.566. The molecule has 8 heteroatoms. The van der Waals surface area contributed by atoms with Crippen molar-refractivity contribution in [2.75, 3.05) is 31.4 Å². The summed E-state index contributed by atoms with van der Waals surface area (Å²) in [6, 6.07) is 5.38. The molecule has 0 aromatic heterocycles. The molecule has 0 saturated carbocycles. The van der Waals surface area contributed by atoms with Gasteiger partial charge in [-0.1, -0.05) is 12.2 Å². The highest BCUT2D eigenvalue weighted by atomic mass is 16.7. The number of fused-ring (bicyclic) bond motifs is 2. The molecule has 0 radical (unpaired) electrons. The Kier molecular flexibility index (Phi) is 3.66. The molecule has 2 saturated heterocycles. The van der Waals surface area contributed by atoms with Gasteiger partial charge in [0.05, 0.1) is 24.5 Å². The van der Waals surface area contributed by atoms with Crippen molar-refractivity contribution in [3.8, 4) is 11.5 Å². The van der Waals surface area contributed by atoms with Gasteiger partial charge in [0.25, 0.3) is 0 Å². The van der Waals surface area contributed by atoms with E-state index in [1.54, 1.807) is 17.0 Å². The number of hydrogen-bond donors (Lipinski definition) is 2. The second-order valence-electron chi connectivity index (χ2n) is 7.23. The van der Waals surface area contributed by atoms with Crippen molar-refractivity contribution >= 4 is 17.5 Å². The Morgan fingerprint density at radius 2 is 2.19 bits per heavy atom. The van der Waals surface area contributed by atoms with Gasteiger partial charge < -0.3 is 29.5 Å². The fourth-order valence-corrected chi connectivity index (χ4v) is 4.48. The minimum absolute atomic E-state index is 0.00890. The van der Waals surface area contributed by atoms with Gasteiger partial charge in [-0.15, -0.1) is 0 Å². The molecule has 4 heterocycles. The average molecular weight is 372 g/mol. The molecule has 4 atom stereocenters. The van der Waals surface area contributed by atoms with Crippen molar-refractivity contribution in [2.45, 2.75) is 18.1 Å². The van der Waals surface area contributed by atoms with Crippen molar-refractivity contribution in [3.63, 3.8) is 0 Å². The van der Waals surface area contributed by atoms with Gasteiger partial charge in [-0.2, -0.15) is 0 Å². The third-order valence-corrected chi connectivity index (χ3v) is 5.71. The second-order valence-corrected chi connectivity index (χ2v) is 7.23. The molecule has 27 heavy (non-hydrogen) atoms. The first-order chi connectivity index (χ1) is 13.1. The summed E-state index contributed by atoms with van der Waals surface area (Å²) in [6.07, 6.45) is 3.90. The Morgan fingerprint density at radius 3 is 3.04 bits per heavy atom. The minimum atomic E-state index is -0.767. The number of aliphatic hydroxyl groups is 1.